The molecule has 1 N–H and O–H groups in total. The third kappa shape index (κ3) is 7.12. The lowest BCUT2D eigenvalue weighted by Crippen LogP contribution is -2.50. The van der Waals surface area contributed by atoms with Gasteiger partial charge in [0, 0.05) is 13.6 Å². The van der Waals surface area contributed by atoms with Gasteiger partial charge < -0.3 is 15.0 Å². The lowest BCUT2D eigenvalue weighted by atomic mass is 10.1. The van der Waals surface area contributed by atoms with Crippen molar-refractivity contribution in [1.29, 1.82) is 0 Å². The first kappa shape index (κ1) is 30.5. The van der Waals surface area contributed by atoms with Gasteiger partial charge in [0.05, 0.1) is 23.3 Å². The highest BCUT2D eigenvalue weighted by Crippen LogP contribution is 2.33. The summed E-state index contributed by atoms with van der Waals surface area (Å²) in [7, 11) is -1.60. The fourth-order valence-electron chi connectivity index (χ4n) is 3.92. The highest BCUT2D eigenvalue weighted by molar-refractivity contribution is 7.92. The first-order valence-electron chi connectivity index (χ1n) is 12.2. The molecule has 0 saturated carbocycles. The summed E-state index contributed by atoms with van der Waals surface area (Å²) < 4.78 is 73.8. The Morgan fingerprint density at radius 2 is 1.62 bits per heavy atom. The Balaban J connectivity index is 2.08. The molecule has 2 amide bonds. The van der Waals surface area contributed by atoms with E-state index in [0.29, 0.717) is 21.7 Å². The molecule has 0 saturated heterocycles. The van der Waals surface area contributed by atoms with Gasteiger partial charge in [-0.05, 0) is 61.9 Å². The molecule has 214 valence electrons. The van der Waals surface area contributed by atoms with Crippen LogP contribution in [0.4, 0.5) is 18.9 Å². The number of hydrogen-bond acceptors (Lipinski definition) is 5. The van der Waals surface area contributed by atoms with E-state index in [9.17, 15) is 31.2 Å². The van der Waals surface area contributed by atoms with Crippen LogP contribution in [-0.4, -0.2) is 51.9 Å². The predicted molar refractivity (Wildman–Crippen MR) is 144 cm³/mol. The molecule has 3 aromatic rings. The number of benzene rings is 3. The first-order chi connectivity index (χ1) is 18.8. The average Bonchev–Trinajstić information content (AvgIpc) is 2.93. The summed E-state index contributed by atoms with van der Waals surface area (Å²) in [4.78, 5) is 27.2. The zero-order chi connectivity index (χ0) is 29.7. The standard InChI is InChI=1S/C28H30F3N3O5S/c1-19-8-14-25(15-9-19)40(37,38)34(23-7-5-6-22(16-23)28(29,30)31)18-26(35)33(20(2)27(36)32-3)17-21-10-12-24(39-4)13-11-21/h5-16,20H,17-18H2,1-4H3,(H,32,36). The molecule has 0 radical (unpaired) electrons. The Bertz CT molecular complexity index is 1440. The zero-order valence-corrected chi connectivity index (χ0v) is 23.2. The van der Waals surface area contributed by atoms with E-state index in [4.69, 9.17) is 4.74 Å². The fourth-order valence-corrected chi connectivity index (χ4v) is 5.33. The van der Waals surface area contributed by atoms with Crippen LogP contribution in [0.3, 0.4) is 0 Å². The highest BCUT2D eigenvalue weighted by atomic mass is 32.2. The van der Waals surface area contributed by atoms with Crippen molar-refractivity contribution >= 4 is 27.5 Å². The number of carbonyl (C=O) groups is 2. The molecule has 0 aliphatic carbocycles. The maximum absolute atomic E-state index is 13.7. The number of likely N-dealkylation sites (N-methyl/N-ethyl adjacent to an activating group) is 1. The normalized spacial score (nSPS) is 12.4. The number of rotatable bonds is 10. The molecular weight excluding hydrogens is 547 g/mol. The van der Waals surface area contributed by atoms with Gasteiger partial charge in [-0.2, -0.15) is 13.2 Å². The van der Waals surface area contributed by atoms with Crippen molar-refractivity contribution in [2.75, 3.05) is 25.0 Å². The second kappa shape index (κ2) is 12.4. The third-order valence-corrected chi connectivity index (χ3v) is 8.06. The number of amides is 2. The van der Waals surface area contributed by atoms with E-state index in [1.807, 2.05) is 0 Å². The monoisotopic (exact) mass is 577 g/mol. The molecule has 0 spiro atoms. The number of anilines is 1. The Morgan fingerprint density at radius 3 is 2.17 bits per heavy atom. The summed E-state index contributed by atoms with van der Waals surface area (Å²) in [5.41, 5.74) is -0.0289. The summed E-state index contributed by atoms with van der Waals surface area (Å²) in [6.07, 6.45) is -4.74. The van der Waals surface area contributed by atoms with Crippen LogP contribution in [0.2, 0.25) is 0 Å². The maximum Gasteiger partial charge on any atom is 0.416 e. The molecule has 3 aromatic carbocycles. The Labute approximate surface area is 231 Å². The van der Waals surface area contributed by atoms with E-state index in [-0.39, 0.29) is 17.1 Å². The van der Waals surface area contributed by atoms with Crippen molar-refractivity contribution < 1.29 is 35.9 Å². The molecule has 0 fully saturated rings. The lowest BCUT2D eigenvalue weighted by Gasteiger charge is -2.32. The number of methoxy groups -OCH3 is 1. The van der Waals surface area contributed by atoms with Crippen LogP contribution in [0.5, 0.6) is 5.75 Å². The van der Waals surface area contributed by atoms with Crippen LogP contribution >= 0.6 is 0 Å². The number of carbonyl (C=O) groups excluding carboxylic acids is 2. The fraction of sp³-hybridized carbons (Fsp3) is 0.286. The zero-order valence-electron chi connectivity index (χ0n) is 22.4. The van der Waals surface area contributed by atoms with Crippen LogP contribution in [0, 0.1) is 6.92 Å². The Kier molecular flexibility index (Phi) is 9.46. The van der Waals surface area contributed by atoms with Crippen molar-refractivity contribution in [3.8, 4) is 5.75 Å². The second-order valence-electron chi connectivity index (χ2n) is 9.03. The van der Waals surface area contributed by atoms with Gasteiger partial charge in [0.1, 0.15) is 18.3 Å². The van der Waals surface area contributed by atoms with E-state index in [1.54, 1.807) is 43.3 Å². The maximum atomic E-state index is 13.7. The number of nitrogens with one attached hydrogen (secondary N) is 1. The summed E-state index contributed by atoms with van der Waals surface area (Å²) >= 11 is 0. The van der Waals surface area contributed by atoms with Crippen LogP contribution in [0.15, 0.2) is 77.7 Å². The quantitative estimate of drug-likeness (QED) is 0.386. The van der Waals surface area contributed by atoms with Crippen molar-refractivity contribution in [2.45, 2.75) is 37.5 Å². The highest BCUT2D eigenvalue weighted by Gasteiger charge is 2.35. The van der Waals surface area contributed by atoms with Gasteiger partial charge in [-0.25, -0.2) is 8.42 Å². The second-order valence-corrected chi connectivity index (χ2v) is 10.9. The minimum Gasteiger partial charge on any atom is -0.497 e. The van der Waals surface area contributed by atoms with E-state index >= 15 is 0 Å². The Morgan fingerprint density at radius 1 is 1.00 bits per heavy atom. The number of hydrogen-bond donors (Lipinski definition) is 1. The van der Waals surface area contributed by atoms with Gasteiger partial charge in [0.2, 0.25) is 11.8 Å². The molecule has 1 atom stereocenters. The molecule has 12 heteroatoms. The van der Waals surface area contributed by atoms with Crippen LogP contribution in [0.25, 0.3) is 0 Å². The molecule has 0 aromatic heterocycles. The number of ether oxygens (including phenoxy) is 1. The van der Waals surface area contributed by atoms with E-state index in [0.717, 1.165) is 17.7 Å². The summed E-state index contributed by atoms with van der Waals surface area (Å²) in [5, 5.41) is 2.46. The molecule has 0 bridgehead atoms. The van der Waals surface area contributed by atoms with Gasteiger partial charge in [-0.1, -0.05) is 35.9 Å². The smallest absolute Gasteiger partial charge is 0.416 e. The van der Waals surface area contributed by atoms with Gasteiger partial charge in [0.15, 0.2) is 0 Å². The number of sulfonamides is 1. The van der Waals surface area contributed by atoms with Crippen LogP contribution < -0.4 is 14.4 Å². The van der Waals surface area contributed by atoms with Gasteiger partial charge in [-0.15, -0.1) is 0 Å². The van der Waals surface area contributed by atoms with E-state index in [1.165, 1.54) is 44.2 Å². The summed E-state index contributed by atoms with van der Waals surface area (Å²) in [6, 6.07) is 15.1. The SMILES string of the molecule is CNC(=O)C(C)N(Cc1ccc(OC)cc1)C(=O)CN(c1cccc(C(F)(F)F)c1)S(=O)(=O)c1ccc(C)cc1. The van der Waals surface area contributed by atoms with Crippen LogP contribution in [0.1, 0.15) is 23.6 Å². The van der Waals surface area contributed by atoms with Crippen molar-refractivity contribution in [3.63, 3.8) is 0 Å². The Hall–Kier alpha value is -4.06. The van der Waals surface area contributed by atoms with Crippen LogP contribution in [-0.2, 0) is 32.3 Å². The first-order valence-corrected chi connectivity index (χ1v) is 13.6. The van der Waals surface area contributed by atoms with E-state index < -0.39 is 46.2 Å². The molecule has 0 aliphatic heterocycles. The van der Waals surface area contributed by atoms with E-state index in [2.05, 4.69) is 5.32 Å². The molecule has 1 unspecified atom stereocenters. The number of nitrogens with zero attached hydrogens (tertiary/aromatic N) is 2. The molecular formula is C28H30F3N3O5S. The number of halogens is 3. The number of aryl methyl sites for hydroxylation is 1. The summed E-state index contributed by atoms with van der Waals surface area (Å²) in [6.45, 7) is 2.30. The molecule has 40 heavy (non-hydrogen) atoms. The third-order valence-electron chi connectivity index (χ3n) is 6.27. The minimum absolute atomic E-state index is 0.0710. The van der Waals surface area contributed by atoms with Crippen molar-refractivity contribution in [2.24, 2.45) is 0 Å². The van der Waals surface area contributed by atoms with Gasteiger partial charge >= 0.3 is 6.18 Å². The topological polar surface area (TPSA) is 96.0 Å². The van der Waals surface area contributed by atoms with Gasteiger partial charge in [-0.3, -0.25) is 13.9 Å². The minimum atomic E-state index is -4.74. The molecule has 3 rings (SSSR count). The van der Waals surface area contributed by atoms with Crippen molar-refractivity contribution in [1.82, 2.24) is 10.2 Å². The molecule has 0 heterocycles. The average molecular weight is 578 g/mol. The largest absolute Gasteiger partial charge is 0.497 e. The number of alkyl halides is 3. The predicted octanol–water partition coefficient (Wildman–Crippen LogP) is 4.38. The lowest BCUT2D eigenvalue weighted by molar-refractivity contribution is -0.139. The molecule has 0 aliphatic rings. The molecule has 8 nitrogen and oxygen atoms in total. The summed E-state index contributed by atoms with van der Waals surface area (Å²) in [5.74, 6) is -0.727. The van der Waals surface area contributed by atoms with Gasteiger partial charge in [0.25, 0.3) is 10.0 Å². The van der Waals surface area contributed by atoms with Crippen molar-refractivity contribution in [3.05, 3.63) is 89.5 Å².